The lowest BCUT2D eigenvalue weighted by Gasteiger charge is -2.14. The second-order valence-electron chi connectivity index (χ2n) is 4.34. The largest absolute Gasteiger partial charge is 0.466 e. The summed E-state index contributed by atoms with van der Waals surface area (Å²) in [5.41, 5.74) is 5.58. The quantitative estimate of drug-likeness (QED) is 0.707. The fourth-order valence-corrected chi connectivity index (χ4v) is 1.69. The summed E-state index contributed by atoms with van der Waals surface area (Å²) in [6, 6.07) is 4.37. The van der Waals surface area contributed by atoms with Crippen LogP contribution in [-0.2, 0) is 25.5 Å². The molecular formula is C14H17FN2O4. The number of carbonyl (C=O) groups excluding carboxylic acids is 3. The standard InChI is InChI=1S/C14H17FN2O4/c1-2-21-13(19)8-11(14(16)20)17-12(18)7-9-4-3-5-10(15)6-9/h3-6,11H,2,7-8H2,1H3,(H2,16,20)(H,17,18)/t11-/m0/s1. The topological polar surface area (TPSA) is 98.5 Å². The van der Waals surface area contributed by atoms with Gasteiger partial charge in [-0.3, -0.25) is 14.4 Å². The number of nitrogens with two attached hydrogens (primary N) is 1. The van der Waals surface area contributed by atoms with Crippen LogP contribution in [-0.4, -0.2) is 30.4 Å². The van der Waals surface area contributed by atoms with Gasteiger partial charge >= 0.3 is 5.97 Å². The molecule has 0 unspecified atom stereocenters. The van der Waals surface area contributed by atoms with E-state index in [1.165, 1.54) is 18.2 Å². The van der Waals surface area contributed by atoms with Gasteiger partial charge in [-0.2, -0.15) is 0 Å². The zero-order valence-corrected chi connectivity index (χ0v) is 11.6. The van der Waals surface area contributed by atoms with E-state index in [0.29, 0.717) is 5.56 Å². The molecule has 0 spiro atoms. The zero-order chi connectivity index (χ0) is 15.8. The number of hydrogen-bond donors (Lipinski definition) is 2. The average Bonchev–Trinajstić information content (AvgIpc) is 2.38. The molecule has 1 aromatic carbocycles. The highest BCUT2D eigenvalue weighted by Crippen LogP contribution is 2.05. The minimum absolute atomic E-state index is 0.121. The van der Waals surface area contributed by atoms with Gasteiger partial charge in [0.25, 0.3) is 0 Å². The minimum atomic E-state index is -1.15. The number of benzene rings is 1. The monoisotopic (exact) mass is 296 g/mol. The summed E-state index contributed by atoms with van der Waals surface area (Å²) < 4.78 is 17.7. The van der Waals surface area contributed by atoms with Gasteiger partial charge < -0.3 is 15.8 Å². The maximum absolute atomic E-state index is 13.0. The number of ether oxygens (including phenoxy) is 1. The van der Waals surface area contributed by atoms with Gasteiger partial charge in [0, 0.05) is 0 Å². The highest BCUT2D eigenvalue weighted by atomic mass is 19.1. The Morgan fingerprint density at radius 3 is 2.67 bits per heavy atom. The number of amides is 2. The fourth-order valence-electron chi connectivity index (χ4n) is 1.69. The van der Waals surface area contributed by atoms with Crippen molar-refractivity contribution in [2.45, 2.75) is 25.8 Å². The van der Waals surface area contributed by atoms with E-state index in [4.69, 9.17) is 10.5 Å². The van der Waals surface area contributed by atoms with Crippen molar-refractivity contribution in [2.24, 2.45) is 5.73 Å². The van der Waals surface area contributed by atoms with Gasteiger partial charge in [0.1, 0.15) is 11.9 Å². The smallest absolute Gasteiger partial charge is 0.308 e. The molecule has 1 aromatic rings. The van der Waals surface area contributed by atoms with E-state index in [-0.39, 0.29) is 19.4 Å². The number of halogens is 1. The van der Waals surface area contributed by atoms with Crippen molar-refractivity contribution in [3.8, 4) is 0 Å². The third kappa shape index (κ3) is 6.03. The Morgan fingerprint density at radius 1 is 1.38 bits per heavy atom. The lowest BCUT2D eigenvalue weighted by molar-refractivity contribution is -0.145. The molecule has 0 fully saturated rings. The molecule has 1 atom stereocenters. The van der Waals surface area contributed by atoms with Crippen LogP contribution in [0.4, 0.5) is 4.39 Å². The van der Waals surface area contributed by atoms with Crippen LogP contribution in [0.15, 0.2) is 24.3 Å². The fraction of sp³-hybridized carbons (Fsp3) is 0.357. The van der Waals surface area contributed by atoms with Gasteiger partial charge in [-0.05, 0) is 24.6 Å². The number of esters is 1. The molecule has 21 heavy (non-hydrogen) atoms. The summed E-state index contributed by atoms with van der Waals surface area (Å²) in [6.07, 6.45) is -0.456. The minimum Gasteiger partial charge on any atom is -0.466 e. The third-order valence-corrected chi connectivity index (χ3v) is 2.61. The van der Waals surface area contributed by atoms with Crippen LogP contribution in [0.5, 0.6) is 0 Å². The Bertz CT molecular complexity index is 533. The van der Waals surface area contributed by atoms with Gasteiger partial charge in [0.05, 0.1) is 19.4 Å². The highest BCUT2D eigenvalue weighted by Gasteiger charge is 2.22. The van der Waals surface area contributed by atoms with E-state index in [0.717, 1.165) is 0 Å². The van der Waals surface area contributed by atoms with Crippen LogP contribution in [0.1, 0.15) is 18.9 Å². The first-order chi connectivity index (χ1) is 9.92. The first-order valence-electron chi connectivity index (χ1n) is 6.41. The van der Waals surface area contributed by atoms with Crippen LogP contribution in [0.3, 0.4) is 0 Å². The van der Waals surface area contributed by atoms with Crippen molar-refractivity contribution in [1.29, 1.82) is 0 Å². The summed E-state index contributed by atoms with van der Waals surface area (Å²) in [4.78, 5) is 34.3. The number of carbonyl (C=O) groups is 3. The zero-order valence-electron chi connectivity index (χ0n) is 11.6. The number of nitrogens with one attached hydrogen (secondary N) is 1. The molecule has 0 saturated heterocycles. The molecule has 7 heteroatoms. The van der Waals surface area contributed by atoms with Crippen LogP contribution >= 0.6 is 0 Å². The van der Waals surface area contributed by atoms with Gasteiger partial charge in [-0.1, -0.05) is 12.1 Å². The molecular weight excluding hydrogens is 279 g/mol. The van der Waals surface area contributed by atoms with Crippen molar-refractivity contribution in [3.63, 3.8) is 0 Å². The lowest BCUT2D eigenvalue weighted by atomic mass is 10.1. The normalized spacial score (nSPS) is 11.5. The predicted octanol–water partition coefficient (Wildman–Crippen LogP) is 0.291. The number of primary amides is 1. The SMILES string of the molecule is CCOC(=O)C[C@H](NC(=O)Cc1cccc(F)c1)C(N)=O. The van der Waals surface area contributed by atoms with Crippen LogP contribution < -0.4 is 11.1 Å². The molecule has 0 heterocycles. The second kappa shape index (κ2) is 7.98. The van der Waals surface area contributed by atoms with E-state index in [9.17, 15) is 18.8 Å². The molecule has 1 rings (SSSR count). The van der Waals surface area contributed by atoms with E-state index < -0.39 is 29.6 Å². The maximum atomic E-state index is 13.0. The summed E-state index contributed by atoms with van der Waals surface area (Å²) >= 11 is 0. The second-order valence-corrected chi connectivity index (χ2v) is 4.34. The van der Waals surface area contributed by atoms with E-state index >= 15 is 0 Å². The summed E-state index contributed by atoms with van der Waals surface area (Å²) in [6.45, 7) is 1.79. The predicted molar refractivity (Wildman–Crippen MR) is 72.5 cm³/mol. The Morgan fingerprint density at radius 2 is 2.10 bits per heavy atom. The summed E-state index contributed by atoms with van der Waals surface area (Å²) in [7, 11) is 0. The summed E-state index contributed by atoms with van der Waals surface area (Å²) in [5.74, 6) is -2.46. The Balaban J connectivity index is 2.60. The van der Waals surface area contributed by atoms with Crippen molar-refractivity contribution in [2.75, 3.05) is 6.61 Å². The third-order valence-electron chi connectivity index (χ3n) is 2.61. The van der Waals surface area contributed by atoms with Crippen LogP contribution in [0, 0.1) is 5.82 Å². The van der Waals surface area contributed by atoms with Crippen molar-refractivity contribution >= 4 is 17.8 Å². The van der Waals surface area contributed by atoms with Gasteiger partial charge in [0.15, 0.2) is 0 Å². The average molecular weight is 296 g/mol. The van der Waals surface area contributed by atoms with Crippen molar-refractivity contribution in [3.05, 3.63) is 35.6 Å². The van der Waals surface area contributed by atoms with E-state index in [2.05, 4.69) is 5.32 Å². The molecule has 0 aliphatic rings. The summed E-state index contributed by atoms with van der Waals surface area (Å²) in [5, 5.41) is 2.34. The van der Waals surface area contributed by atoms with Crippen LogP contribution in [0.2, 0.25) is 0 Å². The first-order valence-corrected chi connectivity index (χ1v) is 6.41. The Kier molecular flexibility index (Phi) is 6.32. The molecule has 2 amide bonds. The molecule has 0 aliphatic carbocycles. The van der Waals surface area contributed by atoms with E-state index in [1.54, 1.807) is 13.0 Å². The molecule has 114 valence electrons. The first kappa shape index (κ1) is 16.6. The number of hydrogen-bond acceptors (Lipinski definition) is 4. The Hall–Kier alpha value is -2.44. The molecule has 6 nitrogen and oxygen atoms in total. The molecule has 3 N–H and O–H groups in total. The molecule has 0 aliphatic heterocycles. The van der Waals surface area contributed by atoms with Gasteiger partial charge in [-0.15, -0.1) is 0 Å². The van der Waals surface area contributed by atoms with Crippen molar-refractivity contribution < 1.29 is 23.5 Å². The number of rotatable bonds is 7. The Labute approximate surface area is 121 Å². The van der Waals surface area contributed by atoms with E-state index in [1.807, 2.05) is 0 Å². The highest BCUT2D eigenvalue weighted by molar-refractivity contribution is 5.90. The van der Waals surface area contributed by atoms with Gasteiger partial charge in [0.2, 0.25) is 11.8 Å². The molecule has 0 radical (unpaired) electrons. The molecule has 0 bridgehead atoms. The lowest BCUT2D eigenvalue weighted by Crippen LogP contribution is -2.46. The molecule has 0 aromatic heterocycles. The van der Waals surface area contributed by atoms with Crippen LogP contribution in [0.25, 0.3) is 0 Å². The van der Waals surface area contributed by atoms with Crippen molar-refractivity contribution in [1.82, 2.24) is 5.32 Å². The maximum Gasteiger partial charge on any atom is 0.308 e. The molecule has 0 saturated carbocycles. The van der Waals surface area contributed by atoms with Gasteiger partial charge in [-0.25, -0.2) is 4.39 Å².